The van der Waals surface area contributed by atoms with Gasteiger partial charge in [-0.05, 0) is 60.7 Å². The minimum atomic E-state index is -4.57. The zero-order valence-electron chi connectivity index (χ0n) is 18.9. The van der Waals surface area contributed by atoms with E-state index in [0.29, 0.717) is 12.1 Å². The molecule has 2 aliphatic carbocycles. The van der Waals surface area contributed by atoms with Crippen LogP contribution in [0, 0.1) is 23.7 Å². The molecule has 0 spiro atoms. The first-order chi connectivity index (χ1) is 17.5. The second kappa shape index (κ2) is 9.33. The maximum absolute atomic E-state index is 13.1. The minimum absolute atomic E-state index is 0.0524. The molecule has 3 amide bonds. The van der Waals surface area contributed by atoms with Gasteiger partial charge in [0.1, 0.15) is 0 Å². The Labute approximate surface area is 218 Å². The van der Waals surface area contributed by atoms with Gasteiger partial charge < -0.3 is 10.1 Å². The normalized spacial score (nSPS) is 28.4. The van der Waals surface area contributed by atoms with Crippen LogP contribution in [0.5, 0.6) is 0 Å². The van der Waals surface area contributed by atoms with E-state index in [9.17, 15) is 32.3 Å². The van der Waals surface area contributed by atoms with Crippen molar-refractivity contribution in [3.05, 3.63) is 59.7 Å². The van der Waals surface area contributed by atoms with Crippen LogP contribution in [0.15, 0.2) is 48.5 Å². The average Bonchev–Trinajstić information content (AvgIpc) is 3.47. The van der Waals surface area contributed by atoms with Gasteiger partial charge in [-0.3, -0.25) is 19.3 Å². The fourth-order valence-corrected chi connectivity index (χ4v) is 6.43. The molecular weight excluding hydrogens is 536 g/mol. The van der Waals surface area contributed by atoms with Crippen LogP contribution in [0.2, 0.25) is 0 Å². The number of esters is 1. The summed E-state index contributed by atoms with van der Waals surface area (Å²) in [4.78, 5) is 51.6. The van der Waals surface area contributed by atoms with Gasteiger partial charge in [0, 0.05) is 5.69 Å². The second-order valence-corrected chi connectivity index (χ2v) is 10.3. The fraction of sp³-hybridized carbons (Fsp3) is 0.360. The highest BCUT2D eigenvalue weighted by Crippen LogP contribution is 2.59. The van der Waals surface area contributed by atoms with E-state index in [1.807, 2.05) is 0 Å². The monoisotopic (exact) mass is 554 g/mol. The van der Waals surface area contributed by atoms with E-state index in [-0.39, 0.29) is 45.7 Å². The number of benzene rings is 2. The minimum Gasteiger partial charge on any atom is -0.452 e. The van der Waals surface area contributed by atoms with Crippen molar-refractivity contribution in [2.45, 2.75) is 23.4 Å². The second-order valence-electron chi connectivity index (χ2n) is 9.27. The zero-order valence-corrected chi connectivity index (χ0v) is 20.4. The lowest BCUT2D eigenvalue weighted by atomic mass is 9.80. The van der Waals surface area contributed by atoms with E-state index in [2.05, 4.69) is 5.32 Å². The van der Waals surface area contributed by atoms with Crippen molar-refractivity contribution in [3.63, 3.8) is 0 Å². The maximum atomic E-state index is 13.1. The first kappa shape index (κ1) is 25.5. The summed E-state index contributed by atoms with van der Waals surface area (Å²) in [5, 5.41) is 1.50. The standard InChI is InChI=1S/C25H19Cl2F3N2O5/c26-20-15-9-16(21(20)27)19-18(15)22(34)32(23(19)35)14-6-4-11(5-7-14)24(36)37-10-17(33)31-13-3-1-2-12(8-13)25(28,29)30/h1-8,15-16,18-21H,9-10H2,(H,31,33)/t15-,16-,18-,19-,20-,21+/m1/s1. The Bertz CT molecular complexity index is 1250. The SMILES string of the molecule is O=C(COC(=O)c1ccc(N2C(=O)[C@@H]3[C@H]4C[C@@H]([C@@H](Cl)[C@H]4Cl)[C@H]3C2=O)cc1)Nc1cccc(C(F)(F)F)c1. The molecule has 12 heteroatoms. The molecular formula is C25H19Cl2F3N2O5. The topological polar surface area (TPSA) is 92.8 Å². The van der Waals surface area contributed by atoms with Gasteiger partial charge in [0.2, 0.25) is 11.8 Å². The summed E-state index contributed by atoms with van der Waals surface area (Å²) in [5.41, 5.74) is -0.686. The van der Waals surface area contributed by atoms with Crippen molar-refractivity contribution in [2.75, 3.05) is 16.8 Å². The summed E-state index contributed by atoms with van der Waals surface area (Å²) < 4.78 is 43.4. The Morgan fingerprint density at radius 1 is 0.973 bits per heavy atom. The molecule has 3 fully saturated rings. The van der Waals surface area contributed by atoms with Gasteiger partial charge in [0.25, 0.3) is 5.91 Å². The van der Waals surface area contributed by atoms with Crippen molar-refractivity contribution < 1.29 is 37.1 Å². The molecule has 1 saturated heterocycles. The first-order valence-electron chi connectivity index (χ1n) is 11.4. The summed E-state index contributed by atoms with van der Waals surface area (Å²) >= 11 is 12.7. The number of imide groups is 1. The fourth-order valence-electron chi connectivity index (χ4n) is 5.53. The summed E-state index contributed by atoms with van der Waals surface area (Å²) in [6.07, 6.45) is -3.92. The third-order valence-corrected chi connectivity index (χ3v) is 8.48. The number of carbonyl (C=O) groups is 4. The molecule has 2 aromatic carbocycles. The van der Waals surface area contributed by atoms with Crippen molar-refractivity contribution in [1.29, 1.82) is 0 Å². The number of rotatable bonds is 5. The number of halogens is 5. The molecule has 1 heterocycles. The number of nitrogens with one attached hydrogen (secondary N) is 1. The predicted molar refractivity (Wildman–Crippen MR) is 127 cm³/mol. The number of alkyl halides is 5. The van der Waals surface area contributed by atoms with E-state index in [1.54, 1.807) is 0 Å². The molecule has 2 aromatic rings. The highest BCUT2D eigenvalue weighted by molar-refractivity contribution is 6.32. The molecule has 2 saturated carbocycles. The highest BCUT2D eigenvalue weighted by Gasteiger charge is 2.66. The third kappa shape index (κ3) is 4.46. The number of ether oxygens (including phenoxy) is 1. The lowest BCUT2D eigenvalue weighted by molar-refractivity contribution is -0.137. The number of amides is 3. The smallest absolute Gasteiger partial charge is 0.416 e. The molecule has 1 aliphatic heterocycles. The number of hydrogen-bond acceptors (Lipinski definition) is 5. The van der Waals surface area contributed by atoms with Gasteiger partial charge in [-0.15, -0.1) is 23.2 Å². The van der Waals surface area contributed by atoms with Crippen molar-refractivity contribution in [1.82, 2.24) is 0 Å². The molecule has 0 aromatic heterocycles. The number of fused-ring (bicyclic) bond motifs is 5. The van der Waals surface area contributed by atoms with Gasteiger partial charge in [0.15, 0.2) is 6.61 Å². The van der Waals surface area contributed by atoms with Crippen LogP contribution in [-0.2, 0) is 25.3 Å². The van der Waals surface area contributed by atoms with Gasteiger partial charge in [-0.1, -0.05) is 6.07 Å². The summed E-state index contributed by atoms with van der Waals surface area (Å²) in [6, 6.07) is 9.59. The Balaban J connectivity index is 1.20. The summed E-state index contributed by atoms with van der Waals surface area (Å²) in [6.45, 7) is -0.731. The quantitative estimate of drug-likeness (QED) is 0.334. The van der Waals surface area contributed by atoms with Gasteiger partial charge >= 0.3 is 12.1 Å². The third-order valence-electron chi connectivity index (χ3n) is 7.16. The van der Waals surface area contributed by atoms with Crippen LogP contribution in [0.4, 0.5) is 24.5 Å². The molecule has 6 atom stereocenters. The predicted octanol–water partition coefficient (Wildman–Crippen LogP) is 4.47. The summed E-state index contributed by atoms with van der Waals surface area (Å²) in [5.74, 6) is -3.68. The lowest BCUT2D eigenvalue weighted by Crippen LogP contribution is -2.37. The van der Waals surface area contributed by atoms with E-state index in [0.717, 1.165) is 23.1 Å². The molecule has 37 heavy (non-hydrogen) atoms. The molecule has 194 valence electrons. The molecule has 0 unspecified atom stereocenters. The number of anilines is 2. The molecule has 0 radical (unpaired) electrons. The van der Waals surface area contributed by atoms with Gasteiger partial charge in [0.05, 0.1) is 39.4 Å². The molecule has 2 bridgehead atoms. The first-order valence-corrected chi connectivity index (χ1v) is 12.2. The lowest BCUT2D eigenvalue weighted by Gasteiger charge is -2.28. The van der Waals surface area contributed by atoms with Crippen LogP contribution in [0.25, 0.3) is 0 Å². The number of nitrogens with zero attached hydrogens (tertiary/aromatic N) is 1. The molecule has 3 aliphatic rings. The Hall–Kier alpha value is -3.11. The molecule has 1 N–H and O–H groups in total. The van der Waals surface area contributed by atoms with Crippen molar-refractivity contribution in [2.24, 2.45) is 23.7 Å². The van der Waals surface area contributed by atoms with Crippen molar-refractivity contribution >= 4 is 58.3 Å². The van der Waals surface area contributed by atoms with E-state index < -0.39 is 42.1 Å². The molecule has 5 rings (SSSR count). The average molecular weight is 555 g/mol. The Morgan fingerprint density at radius 2 is 1.57 bits per heavy atom. The molecule has 7 nitrogen and oxygen atoms in total. The van der Waals surface area contributed by atoms with Gasteiger partial charge in [-0.25, -0.2) is 4.79 Å². The largest absolute Gasteiger partial charge is 0.452 e. The van der Waals surface area contributed by atoms with Crippen LogP contribution < -0.4 is 10.2 Å². The van der Waals surface area contributed by atoms with E-state index >= 15 is 0 Å². The van der Waals surface area contributed by atoms with Crippen LogP contribution in [-0.4, -0.2) is 41.1 Å². The summed E-state index contributed by atoms with van der Waals surface area (Å²) in [7, 11) is 0. The highest BCUT2D eigenvalue weighted by atomic mass is 35.5. The van der Waals surface area contributed by atoms with Gasteiger partial charge in [-0.2, -0.15) is 13.2 Å². The van der Waals surface area contributed by atoms with E-state index in [1.165, 1.54) is 30.3 Å². The van der Waals surface area contributed by atoms with Crippen LogP contribution in [0.3, 0.4) is 0 Å². The van der Waals surface area contributed by atoms with Crippen molar-refractivity contribution in [3.8, 4) is 0 Å². The zero-order chi connectivity index (χ0) is 26.6. The maximum Gasteiger partial charge on any atom is 0.416 e. The Kier molecular flexibility index (Phi) is 6.44. The Morgan fingerprint density at radius 3 is 2.14 bits per heavy atom. The number of hydrogen-bond donors (Lipinski definition) is 1. The van der Waals surface area contributed by atoms with Crippen LogP contribution >= 0.6 is 23.2 Å². The number of carbonyl (C=O) groups excluding carboxylic acids is 4. The van der Waals surface area contributed by atoms with E-state index in [4.69, 9.17) is 27.9 Å². The van der Waals surface area contributed by atoms with Crippen LogP contribution in [0.1, 0.15) is 22.3 Å².